The number of carbonyl (C=O) groups is 2. The number of carbonyl (C=O) groups excluding carboxylic acids is 1. The predicted octanol–water partition coefficient (Wildman–Crippen LogP) is 2.07. The summed E-state index contributed by atoms with van der Waals surface area (Å²) in [4.78, 5) is 29.9. The lowest BCUT2D eigenvalue weighted by atomic mass is 9.94. The molecule has 1 saturated heterocycles. The number of piperidine rings is 1. The Morgan fingerprint density at radius 3 is 2.68 bits per heavy atom. The van der Waals surface area contributed by atoms with Gasteiger partial charge in [0.1, 0.15) is 11.9 Å². The number of aromatic nitrogens is 1. The highest BCUT2D eigenvalue weighted by atomic mass is 32.2. The summed E-state index contributed by atoms with van der Waals surface area (Å²) in [7, 11) is -3.93. The van der Waals surface area contributed by atoms with E-state index in [9.17, 15) is 28.4 Å². The number of amides is 1. The van der Waals surface area contributed by atoms with E-state index in [0.29, 0.717) is 24.6 Å². The van der Waals surface area contributed by atoms with Gasteiger partial charge >= 0.3 is 5.97 Å². The van der Waals surface area contributed by atoms with Crippen LogP contribution < -0.4 is 9.62 Å². The number of hydrogen-bond acceptors (Lipinski definition) is 7. The second-order valence-corrected chi connectivity index (χ2v) is 9.09. The van der Waals surface area contributed by atoms with Crippen molar-refractivity contribution in [3.63, 3.8) is 0 Å². The van der Waals surface area contributed by atoms with Gasteiger partial charge in [0.2, 0.25) is 5.91 Å². The van der Waals surface area contributed by atoms with Gasteiger partial charge in [-0.15, -0.1) is 0 Å². The number of rotatable bonds is 6. The number of hydrogen-bond donors (Lipinski definition) is 2. The molecule has 1 unspecified atom stereocenters. The topological polar surface area (TPSA) is 140 Å². The highest BCUT2D eigenvalue weighted by molar-refractivity contribution is 7.90. The number of carboxylic acid groups (broad SMARTS) is 1. The second kappa shape index (κ2) is 9.14. The van der Waals surface area contributed by atoms with E-state index in [4.69, 9.17) is 0 Å². The smallest absolute Gasteiger partial charge is 0.337 e. The third-order valence-electron chi connectivity index (χ3n) is 5.14. The van der Waals surface area contributed by atoms with Crippen molar-refractivity contribution in [2.45, 2.75) is 31.1 Å². The molecule has 0 spiro atoms. The van der Waals surface area contributed by atoms with Crippen molar-refractivity contribution in [2.75, 3.05) is 18.0 Å². The van der Waals surface area contributed by atoms with Crippen LogP contribution in [0.4, 0.5) is 5.82 Å². The van der Waals surface area contributed by atoms with Gasteiger partial charge in [-0.2, -0.15) is 5.26 Å². The maximum Gasteiger partial charge on any atom is 0.337 e. The number of pyridine rings is 1. The number of aromatic carboxylic acids is 1. The minimum Gasteiger partial charge on any atom is -0.478 e. The third-order valence-corrected chi connectivity index (χ3v) is 6.53. The Bertz CT molecular complexity index is 1140. The summed E-state index contributed by atoms with van der Waals surface area (Å²) in [5.41, 5.74) is 0.425. The number of nitriles is 1. The van der Waals surface area contributed by atoms with Crippen LogP contribution >= 0.6 is 0 Å². The molecule has 0 aliphatic carbocycles. The van der Waals surface area contributed by atoms with Crippen LogP contribution in [0, 0.1) is 24.2 Å². The first kappa shape index (κ1) is 22.2. The van der Waals surface area contributed by atoms with Gasteiger partial charge < -0.3 is 10.0 Å². The number of carboxylic acids is 1. The summed E-state index contributed by atoms with van der Waals surface area (Å²) in [5, 5.41) is 18.7. The SMILES string of the molecule is Cc1nc(N2CCCC(CC(=O)NS(=O)(=O)c3ccccc3)C2)c(C#N)cc1C(=O)O. The number of nitrogens with zero attached hydrogens (tertiary/aromatic N) is 3. The minimum absolute atomic E-state index is 0.0106. The normalized spacial score (nSPS) is 16.4. The predicted molar refractivity (Wildman–Crippen MR) is 112 cm³/mol. The summed E-state index contributed by atoms with van der Waals surface area (Å²) in [6.07, 6.45) is 1.47. The molecule has 1 aromatic carbocycles. The Balaban J connectivity index is 1.71. The van der Waals surface area contributed by atoms with Crippen molar-refractivity contribution in [1.29, 1.82) is 5.26 Å². The Hall–Kier alpha value is -3.45. The zero-order valence-corrected chi connectivity index (χ0v) is 17.7. The van der Waals surface area contributed by atoms with Crippen molar-refractivity contribution in [1.82, 2.24) is 9.71 Å². The number of aryl methyl sites for hydroxylation is 1. The lowest BCUT2D eigenvalue weighted by Gasteiger charge is -2.34. The van der Waals surface area contributed by atoms with Gasteiger partial charge in [-0.05, 0) is 43.9 Å². The molecular formula is C21H22N4O5S. The third kappa shape index (κ3) is 5.19. The number of nitrogens with one attached hydrogen (secondary N) is 1. The second-order valence-electron chi connectivity index (χ2n) is 7.41. The van der Waals surface area contributed by atoms with E-state index in [0.717, 1.165) is 12.8 Å². The van der Waals surface area contributed by atoms with Crippen molar-refractivity contribution in [3.8, 4) is 6.07 Å². The van der Waals surface area contributed by atoms with Gasteiger partial charge in [0, 0.05) is 19.5 Å². The number of anilines is 1. The average Bonchev–Trinajstić information content (AvgIpc) is 2.73. The molecular weight excluding hydrogens is 420 g/mol. The van der Waals surface area contributed by atoms with Crippen molar-refractivity contribution >= 4 is 27.7 Å². The molecule has 10 heteroatoms. The zero-order valence-electron chi connectivity index (χ0n) is 16.9. The van der Waals surface area contributed by atoms with Crippen LogP contribution in [-0.4, -0.2) is 43.5 Å². The maximum atomic E-state index is 12.4. The summed E-state index contributed by atoms with van der Waals surface area (Å²) in [6.45, 7) is 2.58. The van der Waals surface area contributed by atoms with Crippen LogP contribution in [0.15, 0.2) is 41.3 Å². The van der Waals surface area contributed by atoms with E-state index in [1.165, 1.54) is 18.2 Å². The lowest BCUT2D eigenvalue weighted by Crippen LogP contribution is -2.40. The van der Waals surface area contributed by atoms with Crippen molar-refractivity contribution in [3.05, 3.63) is 53.2 Å². The monoisotopic (exact) mass is 442 g/mol. The largest absolute Gasteiger partial charge is 0.478 e. The van der Waals surface area contributed by atoms with Crippen molar-refractivity contribution < 1.29 is 23.1 Å². The van der Waals surface area contributed by atoms with Crippen LogP contribution in [0.5, 0.6) is 0 Å². The quantitative estimate of drug-likeness (QED) is 0.693. The van der Waals surface area contributed by atoms with Gasteiger partial charge in [-0.3, -0.25) is 4.79 Å². The highest BCUT2D eigenvalue weighted by Crippen LogP contribution is 2.27. The van der Waals surface area contributed by atoms with Crippen LogP contribution in [0.3, 0.4) is 0 Å². The van der Waals surface area contributed by atoms with Crippen LogP contribution in [0.2, 0.25) is 0 Å². The molecule has 31 heavy (non-hydrogen) atoms. The first-order chi connectivity index (χ1) is 14.7. The molecule has 3 rings (SSSR count). The van der Waals surface area contributed by atoms with Crippen LogP contribution in [0.25, 0.3) is 0 Å². The molecule has 1 aliphatic heterocycles. The Kier molecular flexibility index (Phi) is 6.56. The molecule has 0 saturated carbocycles. The molecule has 1 atom stereocenters. The Morgan fingerprint density at radius 1 is 1.32 bits per heavy atom. The molecule has 1 amide bonds. The van der Waals surface area contributed by atoms with Gasteiger partial charge in [0.15, 0.2) is 0 Å². The van der Waals surface area contributed by atoms with E-state index < -0.39 is 21.9 Å². The van der Waals surface area contributed by atoms with Gasteiger partial charge in [0.25, 0.3) is 10.0 Å². The molecule has 9 nitrogen and oxygen atoms in total. The fourth-order valence-electron chi connectivity index (χ4n) is 3.67. The average molecular weight is 442 g/mol. The van der Waals surface area contributed by atoms with Gasteiger partial charge in [-0.1, -0.05) is 18.2 Å². The minimum atomic E-state index is -3.93. The number of benzene rings is 1. The van der Waals surface area contributed by atoms with E-state index in [1.807, 2.05) is 11.0 Å². The molecule has 1 aliphatic rings. The maximum absolute atomic E-state index is 12.4. The fraction of sp³-hybridized carbons (Fsp3) is 0.333. The molecule has 2 heterocycles. The molecule has 1 fully saturated rings. The van der Waals surface area contributed by atoms with Crippen LogP contribution in [0.1, 0.15) is 40.9 Å². The fourth-order valence-corrected chi connectivity index (χ4v) is 4.69. The Morgan fingerprint density at radius 2 is 2.03 bits per heavy atom. The summed E-state index contributed by atoms with van der Waals surface area (Å²) in [6, 6.07) is 11.0. The molecule has 2 N–H and O–H groups in total. The molecule has 162 valence electrons. The van der Waals surface area contributed by atoms with Crippen molar-refractivity contribution in [2.24, 2.45) is 5.92 Å². The summed E-state index contributed by atoms with van der Waals surface area (Å²) in [5.74, 6) is -1.50. The van der Waals surface area contributed by atoms with E-state index in [-0.39, 0.29) is 28.4 Å². The lowest BCUT2D eigenvalue weighted by molar-refractivity contribution is -0.120. The van der Waals surface area contributed by atoms with E-state index >= 15 is 0 Å². The first-order valence-electron chi connectivity index (χ1n) is 9.72. The number of sulfonamides is 1. The highest BCUT2D eigenvalue weighted by Gasteiger charge is 2.27. The van der Waals surface area contributed by atoms with Gasteiger partial charge in [-0.25, -0.2) is 22.9 Å². The molecule has 2 aromatic rings. The molecule has 0 bridgehead atoms. The summed E-state index contributed by atoms with van der Waals surface area (Å²) < 4.78 is 26.8. The molecule has 0 radical (unpaired) electrons. The van der Waals surface area contributed by atoms with E-state index in [1.54, 1.807) is 25.1 Å². The first-order valence-corrected chi connectivity index (χ1v) is 11.2. The standard InChI is InChI=1S/C21H22N4O5S/c1-14-18(21(27)28)11-16(12-22)20(23-14)25-9-5-6-15(13-25)10-19(26)24-31(29,30)17-7-3-2-4-8-17/h2-4,7-8,11,15H,5-6,9-10,13H2,1H3,(H,24,26)(H,27,28). The van der Waals surface area contributed by atoms with Crippen LogP contribution in [-0.2, 0) is 14.8 Å². The van der Waals surface area contributed by atoms with Gasteiger partial charge in [0.05, 0.1) is 21.7 Å². The molecule has 1 aromatic heterocycles. The zero-order chi connectivity index (χ0) is 22.6. The Labute approximate surface area is 180 Å². The summed E-state index contributed by atoms with van der Waals surface area (Å²) >= 11 is 0. The van der Waals surface area contributed by atoms with E-state index in [2.05, 4.69) is 9.71 Å².